The molecule has 0 saturated carbocycles. The van der Waals surface area contributed by atoms with E-state index in [1.165, 1.54) is 41.0 Å². The molecule has 0 fully saturated rings. The number of fused-ring (bicyclic) bond motifs is 1. The first-order valence-electron chi connectivity index (χ1n) is 8.71. The Morgan fingerprint density at radius 3 is 2.70 bits per heavy atom. The topological polar surface area (TPSA) is 61.9 Å². The molecule has 0 saturated heterocycles. The summed E-state index contributed by atoms with van der Waals surface area (Å²) in [5.74, 6) is 0.561. The van der Waals surface area contributed by atoms with Crippen molar-refractivity contribution >= 4 is 22.6 Å². The lowest BCUT2D eigenvalue weighted by molar-refractivity contribution is -0.137. The van der Waals surface area contributed by atoms with Crippen LogP contribution in [-0.4, -0.2) is 26.4 Å². The molecular formula is C20H14ClF3N4O2. The number of ether oxygens (including phenoxy) is 1. The Labute approximate surface area is 173 Å². The van der Waals surface area contributed by atoms with Gasteiger partial charge in [0.15, 0.2) is 5.65 Å². The monoisotopic (exact) mass is 434 g/mol. The van der Waals surface area contributed by atoms with Crippen LogP contribution in [0.25, 0.3) is 16.7 Å². The first-order chi connectivity index (χ1) is 14.3. The number of alkyl halides is 3. The number of rotatable bonds is 4. The molecule has 0 radical (unpaired) electrons. The average molecular weight is 435 g/mol. The molecule has 10 heteroatoms. The van der Waals surface area contributed by atoms with Crippen LogP contribution >= 0.6 is 11.6 Å². The zero-order chi connectivity index (χ0) is 21.5. The quantitative estimate of drug-likeness (QED) is 0.480. The second-order valence-electron chi connectivity index (χ2n) is 6.48. The van der Waals surface area contributed by atoms with Gasteiger partial charge in [-0.3, -0.25) is 9.36 Å². The second kappa shape index (κ2) is 7.49. The number of nitrogens with zero attached hydrogens (tertiary/aromatic N) is 4. The number of halogens is 4. The van der Waals surface area contributed by atoms with Crippen LogP contribution in [0.2, 0.25) is 5.02 Å². The van der Waals surface area contributed by atoms with Gasteiger partial charge in [0, 0.05) is 10.6 Å². The molecule has 2 aromatic heterocycles. The Hall–Kier alpha value is -3.33. The summed E-state index contributed by atoms with van der Waals surface area (Å²) in [5.41, 5.74) is -0.210. The molecule has 0 amide bonds. The predicted molar refractivity (Wildman–Crippen MR) is 105 cm³/mol. The van der Waals surface area contributed by atoms with Crippen LogP contribution in [0.3, 0.4) is 0 Å². The number of hydrogen-bond donors (Lipinski definition) is 0. The zero-order valence-corrected chi connectivity index (χ0v) is 16.3. The van der Waals surface area contributed by atoms with Crippen LogP contribution in [0, 0.1) is 0 Å². The van der Waals surface area contributed by atoms with Gasteiger partial charge in [0.05, 0.1) is 31.1 Å². The third-order valence-electron chi connectivity index (χ3n) is 4.56. The maximum atomic E-state index is 13.0. The largest absolute Gasteiger partial charge is 0.496 e. The van der Waals surface area contributed by atoms with Crippen molar-refractivity contribution in [2.75, 3.05) is 7.11 Å². The Balaban J connectivity index is 1.77. The van der Waals surface area contributed by atoms with Gasteiger partial charge in [-0.1, -0.05) is 17.7 Å². The molecule has 0 N–H and O–H groups in total. The summed E-state index contributed by atoms with van der Waals surface area (Å²) in [6, 6.07) is 9.71. The van der Waals surface area contributed by atoms with E-state index in [0.717, 1.165) is 12.1 Å². The van der Waals surface area contributed by atoms with Crippen LogP contribution in [0.5, 0.6) is 5.75 Å². The SMILES string of the molecule is COc1ccc(Cl)cc1Cn1cnc2c(cnn2-c2cccc(C(F)(F)F)c2)c1=O. The molecule has 4 aromatic rings. The van der Waals surface area contributed by atoms with E-state index in [1.807, 2.05) is 0 Å². The molecule has 0 unspecified atom stereocenters. The van der Waals surface area contributed by atoms with Gasteiger partial charge in [-0.25, -0.2) is 9.67 Å². The van der Waals surface area contributed by atoms with Crippen LogP contribution in [0.15, 0.2) is 59.8 Å². The molecule has 2 heterocycles. The molecule has 0 bridgehead atoms. The summed E-state index contributed by atoms with van der Waals surface area (Å²) in [6.45, 7) is 0.153. The van der Waals surface area contributed by atoms with Gasteiger partial charge < -0.3 is 4.74 Å². The lowest BCUT2D eigenvalue weighted by atomic mass is 10.2. The van der Waals surface area contributed by atoms with Gasteiger partial charge in [-0.2, -0.15) is 18.3 Å². The first-order valence-corrected chi connectivity index (χ1v) is 9.09. The molecule has 0 atom stereocenters. The second-order valence-corrected chi connectivity index (χ2v) is 6.91. The molecule has 0 aliphatic carbocycles. The smallest absolute Gasteiger partial charge is 0.416 e. The summed E-state index contributed by atoms with van der Waals surface area (Å²) in [6.07, 6.45) is -1.89. The van der Waals surface area contributed by atoms with E-state index in [9.17, 15) is 18.0 Å². The van der Waals surface area contributed by atoms with E-state index in [2.05, 4.69) is 10.1 Å². The Morgan fingerprint density at radius 1 is 1.17 bits per heavy atom. The van der Waals surface area contributed by atoms with E-state index in [4.69, 9.17) is 16.3 Å². The highest BCUT2D eigenvalue weighted by Gasteiger charge is 2.30. The lowest BCUT2D eigenvalue weighted by Gasteiger charge is -2.11. The number of methoxy groups -OCH3 is 1. The minimum atomic E-state index is -4.49. The molecule has 6 nitrogen and oxygen atoms in total. The highest BCUT2D eigenvalue weighted by atomic mass is 35.5. The predicted octanol–water partition coefficient (Wildman–Crippen LogP) is 4.31. The maximum Gasteiger partial charge on any atom is 0.416 e. The van der Waals surface area contributed by atoms with Gasteiger partial charge in [0.1, 0.15) is 17.5 Å². The van der Waals surface area contributed by atoms with Crippen LogP contribution < -0.4 is 10.3 Å². The third-order valence-corrected chi connectivity index (χ3v) is 4.79. The Kier molecular flexibility index (Phi) is 4.98. The van der Waals surface area contributed by atoms with Crippen LogP contribution in [-0.2, 0) is 12.7 Å². The van der Waals surface area contributed by atoms with E-state index < -0.39 is 11.7 Å². The van der Waals surface area contributed by atoms with E-state index >= 15 is 0 Å². The fraction of sp³-hybridized carbons (Fsp3) is 0.150. The van der Waals surface area contributed by atoms with Crippen LogP contribution in [0.4, 0.5) is 13.2 Å². The van der Waals surface area contributed by atoms with Crippen LogP contribution in [0.1, 0.15) is 11.1 Å². The van der Waals surface area contributed by atoms with Gasteiger partial charge in [0.25, 0.3) is 5.56 Å². The minimum Gasteiger partial charge on any atom is -0.496 e. The van der Waals surface area contributed by atoms with Gasteiger partial charge >= 0.3 is 6.18 Å². The Morgan fingerprint density at radius 2 is 1.97 bits per heavy atom. The number of benzene rings is 2. The molecule has 4 rings (SSSR count). The lowest BCUT2D eigenvalue weighted by Crippen LogP contribution is -2.21. The fourth-order valence-electron chi connectivity index (χ4n) is 3.12. The molecule has 0 spiro atoms. The highest BCUT2D eigenvalue weighted by Crippen LogP contribution is 2.30. The molecular weight excluding hydrogens is 421 g/mol. The maximum absolute atomic E-state index is 13.0. The highest BCUT2D eigenvalue weighted by molar-refractivity contribution is 6.30. The fourth-order valence-corrected chi connectivity index (χ4v) is 3.31. The van der Waals surface area contributed by atoms with E-state index in [0.29, 0.717) is 16.3 Å². The number of aromatic nitrogens is 4. The standard InChI is InChI=1S/C20H14ClF3N4O2/c1-30-17-6-5-14(21)7-12(17)10-27-11-25-18-16(19(27)29)9-26-28(18)15-4-2-3-13(8-15)20(22,23)24/h2-9,11H,10H2,1H3. The van der Waals surface area contributed by atoms with Crippen molar-refractivity contribution in [2.45, 2.75) is 12.7 Å². The van der Waals surface area contributed by atoms with Crippen molar-refractivity contribution in [3.63, 3.8) is 0 Å². The van der Waals surface area contributed by atoms with Crippen molar-refractivity contribution in [3.8, 4) is 11.4 Å². The van der Waals surface area contributed by atoms with Crippen molar-refractivity contribution in [1.82, 2.24) is 19.3 Å². The summed E-state index contributed by atoms with van der Waals surface area (Å²) >= 11 is 6.04. The molecule has 154 valence electrons. The van der Waals surface area contributed by atoms with Crippen molar-refractivity contribution in [2.24, 2.45) is 0 Å². The molecule has 2 aromatic carbocycles. The third kappa shape index (κ3) is 3.63. The van der Waals surface area contributed by atoms with Crippen molar-refractivity contribution in [1.29, 1.82) is 0 Å². The summed E-state index contributed by atoms with van der Waals surface area (Å²) < 4.78 is 46.9. The van der Waals surface area contributed by atoms with Gasteiger partial charge in [-0.05, 0) is 36.4 Å². The Bertz CT molecular complexity index is 1300. The summed E-state index contributed by atoms with van der Waals surface area (Å²) in [4.78, 5) is 17.2. The normalized spacial score (nSPS) is 11.8. The van der Waals surface area contributed by atoms with E-state index in [1.54, 1.807) is 18.2 Å². The average Bonchev–Trinajstić information content (AvgIpc) is 3.15. The zero-order valence-electron chi connectivity index (χ0n) is 15.5. The van der Waals surface area contributed by atoms with Gasteiger partial charge in [0.2, 0.25) is 0 Å². The van der Waals surface area contributed by atoms with Crippen molar-refractivity contribution in [3.05, 3.63) is 81.5 Å². The van der Waals surface area contributed by atoms with Crippen molar-refractivity contribution < 1.29 is 17.9 Å². The molecule has 30 heavy (non-hydrogen) atoms. The summed E-state index contributed by atoms with van der Waals surface area (Å²) in [5, 5.41) is 4.74. The summed E-state index contributed by atoms with van der Waals surface area (Å²) in [7, 11) is 1.51. The van der Waals surface area contributed by atoms with Gasteiger partial charge in [-0.15, -0.1) is 0 Å². The number of hydrogen-bond acceptors (Lipinski definition) is 4. The first kappa shape index (κ1) is 20.0. The minimum absolute atomic E-state index is 0.153. The molecule has 0 aliphatic rings. The van der Waals surface area contributed by atoms with E-state index in [-0.39, 0.29) is 28.8 Å². The molecule has 0 aliphatic heterocycles.